The van der Waals surface area contributed by atoms with Gasteiger partial charge in [-0.3, -0.25) is 10.2 Å². The zero-order valence-electron chi connectivity index (χ0n) is 32.5. The lowest BCUT2D eigenvalue weighted by molar-refractivity contribution is -0.143. The van der Waals surface area contributed by atoms with E-state index < -0.39 is 23.5 Å². The van der Waals surface area contributed by atoms with Crippen LogP contribution in [0.25, 0.3) is 0 Å². The monoisotopic (exact) mass is 756 g/mol. The molecule has 1 aliphatic carbocycles. The van der Waals surface area contributed by atoms with Crippen LogP contribution in [0.1, 0.15) is 103 Å². The third-order valence-electron chi connectivity index (χ3n) is 9.32. The normalized spacial score (nSPS) is 19.5. The summed E-state index contributed by atoms with van der Waals surface area (Å²) in [6.45, 7) is 12.2. The maximum Gasteiger partial charge on any atom is 0.416 e. The Morgan fingerprint density at radius 1 is 1.04 bits per heavy atom. The Bertz CT molecular complexity index is 1300. The molecular weight excluding hydrogens is 692 g/mol. The largest absolute Gasteiger partial charge is 0.416 e. The van der Waals surface area contributed by atoms with Crippen LogP contribution in [-0.4, -0.2) is 60.3 Å². The Hall–Kier alpha value is -3.47. The molecule has 1 saturated carbocycles. The Morgan fingerprint density at radius 2 is 1.64 bits per heavy atom. The average molecular weight is 756 g/mol. The minimum atomic E-state index is -4.97. The SMILES string of the molecule is C#C.CC/C=C\C=C1\C=CC(CN(Cc2cc(C(F)(F)F)cc(C(F)(F)F)c2)/C(N)=N/N(N)CCCCC)C(N(C)CC(C)CC)NC1.CC1CCC1. The quantitative estimate of drug-likeness (QED) is 0.0315. The van der Waals surface area contributed by atoms with Gasteiger partial charge in [0.15, 0.2) is 0 Å². The summed E-state index contributed by atoms with van der Waals surface area (Å²) in [4.78, 5) is 3.69. The smallest absolute Gasteiger partial charge is 0.368 e. The average Bonchev–Trinajstić information content (AvgIpc) is 3.29. The number of rotatable bonds is 15. The van der Waals surface area contributed by atoms with E-state index in [0.29, 0.717) is 19.0 Å². The van der Waals surface area contributed by atoms with Gasteiger partial charge in [-0.05, 0) is 61.1 Å². The zero-order valence-corrected chi connectivity index (χ0v) is 32.5. The Kier molecular flexibility index (Phi) is 21.6. The summed E-state index contributed by atoms with van der Waals surface area (Å²) in [6, 6.07) is 1.58. The number of nitrogens with zero attached hydrogens (tertiary/aromatic N) is 4. The van der Waals surface area contributed by atoms with Gasteiger partial charge in [0, 0.05) is 32.1 Å². The van der Waals surface area contributed by atoms with Crippen LogP contribution in [0, 0.1) is 30.6 Å². The summed E-state index contributed by atoms with van der Waals surface area (Å²) in [5, 5.41) is 9.05. The zero-order chi connectivity index (χ0) is 40.2. The number of hydrogen-bond donors (Lipinski definition) is 3. The summed E-state index contributed by atoms with van der Waals surface area (Å²) in [5.74, 6) is 7.16. The maximum absolute atomic E-state index is 13.7. The van der Waals surface area contributed by atoms with Crippen molar-refractivity contribution in [3.05, 3.63) is 70.8 Å². The van der Waals surface area contributed by atoms with E-state index in [1.807, 2.05) is 51.3 Å². The molecule has 13 heteroatoms. The molecule has 0 aromatic heterocycles. The number of halogens is 6. The molecule has 0 bridgehead atoms. The number of benzene rings is 1. The molecule has 300 valence electrons. The first-order valence-electron chi connectivity index (χ1n) is 18.7. The van der Waals surface area contributed by atoms with Gasteiger partial charge in [0.1, 0.15) is 0 Å². The van der Waals surface area contributed by atoms with E-state index in [1.165, 1.54) is 29.3 Å². The first kappa shape index (κ1) is 47.6. The molecule has 3 unspecified atom stereocenters. The van der Waals surface area contributed by atoms with Gasteiger partial charge in [0.25, 0.3) is 0 Å². The van der Waals surface area contributed by atoms with E-state index in [0.717, 1.165) is 62.3 Å². The van der Waals surface area contributed by atoms with Crippen LogP contribution in [-0.2, 0) is 18.9 Å². The van der Waals surface area contributed by atoms with Crippen LogP contribution in [0.2, 0.25) is 0 Å². The summed E-state index contributed by atoms with van der Waals surface area (Å²) in [6.07, 6.45) is 16.8. The number of hydrazine groups is 1. The van der Waals surface area contributed by atoms with Crippen LogP contribution in [0.15, 0.2) is 59.3 Å². The second-order valence-corrected chi connectivity index (χ2v) is 14.0. The van der Waals surface area contributed by atoms with Crippen LogP contribution < -0.4 is 16.9 Å². The first-order valence-corrected chi connectivity index (χ1v) is 18.7. The van der Waals surface area contributed by atoms with Crippen LogP contribution in [0.3, 0.4) is 0 Å². The first-order chi connectivity index (χ1) is 25.0. The molecule has 0 spiro atoms. The minimum absolute atomic E-state index is 0.104. The highest BCUT2D eigenvalue weighted by Gasteiger charge is 2.37. The van der Waals surface area contributed by atoms with Crippen molar-refractivity contribution in [1.29, 1.82) is 0 Å². The molecule has 1 heterocycles. The van der Waals surface area contributed by atoms with Crippen molar-refractivity contribution in [3.8, 4) is 12.8 Å². The highest BCUT2D eigenvalue weighted by molar-refractivity contribution is 5.77. The number of hydrazone groups is 1. The molecule has 0 amide bonds. The van der Waals surface area contributed by atoms with Gasteiger partial charge in [0.2, 0.25) is 5.96 Å². The number of terminal acetylenes is 1. The van der Waals surface area contributed by atoms with Crippen molar-refractivity contribution in [3.63, 3.8) is 0 Å². The third-order valence-corrected chi connectivity index (χ3v) is 9.32. The van der Waals surface area contributed by atoms with Crippen molar-refractivity contribution in [2.24, 2.45) is 34.4 Å². The van der Waals surface area contributed by atoms with Crippen LogP contribution in [0.5, 0.6) is 0 Å². The Labute approximate surface area is 314 Å². The topological polar surface area (TPSA) is 86.1 Å². The van der Waals surface area contributed by atoms with E-state index in [1.54, 1.807) is 0 Å². The molecule has 53 heavy (non-hydrogen) atoms. The fourth-order valence-corrected chi connectivity index (χ4v) is 5.81. The molecule has 7 nitrogen and oxygen atoms in total. The standard InChI is InChI=1S/C33H51F6N7.C5H10.C2H2/c1-6-9-11-13-25-14-15-27(30(42-20-25)44(5)21-24(4)8-3)23-45(31(40)43-46(41)16-12-10-7-2)22-26-17-28(32(34,35)36)19-29(18-26)33(37,38)39;1-5-3-2-4-5;1-2/h9,11,13-15,17-19,24,27,30,42H,6-8,10,12,16,20-23,41H2,1-5H3,(H2,40,43);5H,2-4H2,1H3;1-2H/b11-9-,25-13-;;. The Morgan fingerprint density at radius 3 is 2.13 bits per heavy atom. The number of nitrogens with two attached hydrogens (primary N) is 2. The number of nitrogens with one attached hydrogen (secondary N) is 1. The fraction of sp³-hybridized carbons (Fsp3) is 0.625. The van der Waals surface area contributed by atoms with Gasteiger partial charge >= 0.3 is 12.4 Å². The van der Waals surface area contributed by atoms with Gasteiger partial charge in [-0.15, -0.1) is 17.9 Å². The predicted molar refractivity (Wildman–Crippen MR) is 206 cm³/mol. The highest BCUT2D eigenvalue weighted by Crippen LogP contribution is 2.36. The molecule has 1 aromatic carbocycles. The van der Waals surface area contributed by atoms with Gasteiger partial charge in [-0.1, -0.05) is 104 Å². The summed E-state index contributed by atoms with van der Waals surface area (Å²) in [7, 11) is 2.00. The van der Waals surface area contributed by atoms with Crippen molar-refractivity contribution in [2.75, 3.05) is 33.2 Å². The van der Waals surface area contributed by atoms with Gasteiger partial charge in [0.05, 0.1) is 23.8 Å². The molecule has 5 N–H and O–H groups in total. The van der Waals surface area contributed by atoms with Crippen LogP contribution in [0.4, 0.5) is 26.3 Å². The van der Waals surface area contributed by atoms with Crippen molar-refractivity contribution in [1.82, 2.24) is 20.2 Å². The molecule has 2 aliphatic rings. The van der Waals surface area contributed by atoms with E-state index in [-0.39, 0.29) is 42.8 Å². The molecule has 1 aliphatic heterocycles. The molecule has 3 rings (SSSR count). The van der Waals surface area contributed by atoms with Gasteiger partial charge in [-0.25, -0.2) is 11.0 Å². The summed E-state index contributed by atoms with van der Waals surface area (Å²) >= 11 is 0. The molecule has 0 saturated heterocycles. The lowest BCUT2D eigenvalue weighted by Gasteiger charge is -2.37. The predicted octanol–water partition coefficient (Wildman–Crippen LogP) is 9.15. The number of allylic oxidation sites excluding steroid dienone is 3. The number of alkyl halides is 6. The minimum Gasteiger partial charge on any atom is -0.368 e. The van der Waals surface area contributed by atoms with Crippen molar-refractivity contribution in [2.45, 2.75) is 111 Å². The van der Waals surface area contributed by atoms with Crippen molar-refractivity contribution < 1.29 is 26.3 Å². The van der Waals surface area contributed by atoms with Crippen LogP contribution >= 0.6 is 0 Å². The van der Waals surface area contributed by atoms with Gasteiger partial charge in [-0.2, -0.15) is 26.3 Å². The van der Waals surface area contributed by atoms with E-state index in [9.17, 15) is 26.3 Å². The van der Waals surface area contributed by atoms with E-state index >= 15 is 0 Å². The lowest BCUT2D eigenvalue weighted by Crippen LogP contribution is -2.53. The second-order valence-electron chi connectivity index (χ2n) is 14.0. The van der Waals surface area contributed by atoms with Crippen molar-refractivity contribution >= 4 is 5.96 Å². The molecular formula is C40H63F6N7. The summed E-state index contributed by atoms with van der Waals surface area (Å²) < 4.78 is 82.2. The highest BCUT2D eigenvalue weighted by atomic mass is 19.4. The molecule has 0 radical (unpaired) electrons. The summed E-state index contributed by atoms with van der Waals surface area (Å²) in [5.41, 5.74) is 4.50. The molecule has 3 atom stereocenters. The molecule has 1 fully saturated rings. The second kappa shape index (κ2) is 24.0. The third kappa shape index (κ3) is 17.9. The Balaban J connectivity index is 0.00000181. The number of unbranched alkanes of at least 4 members (excludes halogenated alkanes) is 2. The maximum atomic E-state index is 13.7. The number of guanidine groups is 1. The van der Waals surface area contributed by atoms with Gasteiger partial charge < -0.3 is 10.6 Å². The fourth-order valence-electron chi connectivity index (χ4n) is 5.81. The number of hydrogen-bond acceptors (Lipinski definition) is 5. The van der Waals surface area contributed by atoms with E-state index in [4.69, 9.17) is 11.6 Å². The van der Waals surface area contributed by atoms with E-state index in [2.05, 4.69) is 48.9 Å². The molecule has 1 aromatic rings. The lowest BCUT2D eigenvalue weighted by atomic mass is 9.88.